The summed E-state index contributed by atoms with van der Waals surface area (Å²) in [5, 5.41) is 12.3. The zero-order chi connectivity index (χ0) is 16.9. The van der Waals surface area contributed by atoms with Gasteiger partial charge in [-0.15, -0.1) is 10.2 Å². The van der Waals surface area contributed by atoms with Gasteiger partial charge < -0.3 is 4.74 Å². The topological polar surface area (TPSA) is 64.1 Å². The molecule has 5 nitrogen and oxygen atoms in total. The number of carbonyl (C=O) groups excluding carboxylic acids is 1. The third-order valence-electron chi connectivity index (χ3n) is 3.68. The molecule has 0 aliphatic heterocycles. The second kappa shape index (κ2) is 7.23. The molecule has 1 aromatic heterocycles. The molecule has 0 bridgehead atoms. The number of carbonyl (C=O) groups is 1. The fourth-order valence-electron chi connectivity index (χ4n) is 2.23. The molecule has 1 heterocycles. The number of methoxy groups -OCH3 is 1. The van der Waals surface area contributed by atoms with E-state index in [0.29, 0.717) is 5.13 Å². The Morgan fingerprint density at radius 2 is 1.79 bits per heavy atom. The minimum absolute atomic E-state index is 0.0985. The molecule has 6 heteroatoms. The Balaban J connectivity index is 1.70. The van der Waals surface area contributed by atoms with Crippen LogP contribution in [0.3, 0.4) is 0 Å². The Morgan fingerprint density at radius 3 is 2.46 bits per heavy atom. The van der Waals surface area contributed by atoms with E-state index in [-0.39, 0.29) is 11.8 Å². The summed E-state index contributed by atoms with van der Waals surface area (Å²) in [5.74, 6) is 0.437. The van der Waals surface area contributed by atoms with E-state index in [2.05, 4.69) is 15.5 Å². The van der Waals surface area contributed by atoms with Crippen molar-refractivity contribution >= 4 is 22.4 Å². The second-order valence-electron chi connectivity index (χ2n) is 5.26. The van der Waals surface area contributed by atoms with Crippen molar-refractivity contribution in [3.8, 4) is 16.3 Å². The number of anilines is 1. The maximum absolute atomic E-state index is 12.4. The Hall–Kier alpha value is -2.73. The van der Waals surface area contributed by atoms with Gasteiger partial charge in [-0.2, -0.15) is 0 Å². The van der Waals surface area contributed by atoms with Crippen molar-refractivity contribution in [3.63, 3.8) is 0 Å². The van der Waals surface area contributed by atoms with E-state index >= 15 is 0 Å². The molecule has 0 fully saturated rings. The molecule has 0 spiro atoms. The smallest absolute Gasteiger partial charge is 0.233 e. The molecule has 3 aromatic rings. The van der Waals surface area contributed by atoms with Crippen LogP contribution in [0.2, 0.25) is 0 Å². The maximum Gasteiger partial charge on any atom is 0.233 e. The van der Waals surface area contributed by atoms with Crippen LogP contribution in [0, 0.1) is 0 Å². The number of nitrogens with one attached hydrogen (secondary N) is 1. The van der Waals surface area contributed by atoms with Crippen LogP contribution in [0.5, 0.6) is 5.75 Å². The standard InChI is InChI=1S/C18H17N3O2S/c1-12(13-6-4-3-5-7-13)16(22)19-18-21-20-17(24-18)14-8-10-15(23-2)11-9-14/h3-12H,1-2H3,(H,19,21,22)/t12-/m1/s1. The quantitative estimate of drug-likeness (QED) is 0.764. The van der Waals surface area contributed by atoms with Crippen LogP contribution in [0.15, 0.2) is 54.6 Å². The molecular weight excluding hydrogens is 322 g/mol. The van der Waals surface area contributed by atoms with Gasteiger partial charge in [0.05, 0.1) is 13.0 Å². The van der Waals surface area contributed by atoms with Crippen molar-refractivity contribution in [3.05, 3.63) is 60.2 Å². The second-order valence-corrected chi connectivity index (χ2v) is 6.24. The predicted octanol–water partition coefficient (Wildman–Crippen LogP) is 3.96. The molecule has 122 valence electrons. The highest BCUT2D eigenvalue weighted by Crippen LogP contribution is 2.28. The first kappa shape index (κ1) is 16.1. The summed E-state index contributed by atoms with van der Waals surface area (Å²) in [7, 11) is 1.63. The summed E-state index contributed by atoms with van der Waals surface area (Å²) >= 11 is 1.35. The number of rotatable bonds is 5. The van der Waals surface area contributed by atoms with Gasteiger partial charge >= 0.3 is 0 Å². The third kappa shape index (κ3) is 3.60. The molecule has 0 radical (unpaired) electrons. The summed E-state index contributed by atoms with van der Waals surface area (Å²) in [6.45, 7) is 1.87. The molecule has 1 amide bonds. The number of aromatic nitrogens is 2. The van der Waals surface area contributed by atoms with E-state index in [9.17, 15) is 4.79 Å². The Labute approximate surface area is 144 Å². The van der Waals surface area contributed by atoms with E-state index in [1.54, 1.807) is 7.11 Å². The number of amides is 1. The van der Waals surface area contributed by atoms with Crippen molar-refractivity contribution < 1.29 is 9.53 Å². The lowest BCUT2D eigenvalue weighted by molar-refractivity contribution is -0.117. The van der Waals surface area contributed by atoms with Crippen LogP contribution in [0.1, 0.15) is 18.4 Å². The minimum Gasteiger partial charge on any atom is -0.497 e. The largest absolute Gasteiger partial charge is 0.497 e. The van der Waals surface area contributed by atoms with Gasteiger partial charge in [-0.25, -0.2) is 0 Å². The summed E-state index contributed by atoms with van der Waals surface area (Å²) in [6, 6.07) is 17.2. The average Bonchev–Trinajstić information content (AvgIpc) is 3.10. The van der Waals surface area contributed by atoms with Gasteiger partial charge in [-0.3, -0.25) is 10.1 Å². The summed E-state index contributed by atoms with van der Waals surface area (Å²) in [6.07, 6.45) is 0. The highest BCUT2D eigenvalue weighted by atomic mass is 32.1. The van der Waals surface area contributed by atoms with Gasteiger partial charge in [-0.1, -0.05) is 41.7 Å². The number of hydrogen-bond donors (Lipinski definition) is 1. The fraction of sp³-hybridized carbons (Fsp3) is 0.167. The molecule has 24 heavy (non-hydrogen) atoms. The van der Waals surface area contributed by atoms with E-state index < -0.39 is 0 Å². The first-order valence-corrected chi connectivity index (χ1v) is 8.33. The van der Waals surface area contributed by atoms with Gasteiger partial charge in [0.1, 0.15) is 10.8 Å². The number of benzene rings is 2. The minimum atomic E-state index is -0.250. The molecule has 1 N–H and O–H groups in total. The molecule has 0 aliphatic rings. The highest BCUT2D eigenvalue weighted by Gasteiger charge is 2.17. The zero-order valence-electron chi connectivity index (χ0n) is 13.4. The van der Waals surface area contributed by atoms with E-state index in [4.69, 9.17) is 4.74 Å². The van der Waals surface area contributed by atoms with Crippen LogP contribution in [0.25, 0.3) is 10.6 Å². The van der Waals surface area contributed by atoms with Crippen LogP contribution >= 0.6 is 11.3 Å². The Morgan fingerprint density at radius 1 is 1.08 bits per heavy atom. The van der Waals surface area contributed by atoms with Crippen LogP contribution < -0.4 is 10.1 Å². The lowest BCUT2D eigenvalue weighted by Crippen LogP contribution is -2.18. The summed E-state index contributed by atoms with van der Waals surface area (Å²) in [4.78, 5) is 12.4. The summed E-state index contributed by atoms with van der Waals surface area (Å²) in [5.41, 5.74) is 1.90. The Kier molecular flexibility index (Phi) is 4.86. The zero-order valence-corrected chi connectivity index (χ0v) is 14.2. The van der Waals surface area contributed by atoms with E-state index in [0.717, 1.165) is 21.9 Å². The summed E-state index contributed by atoms with van der Waals surface area (Å²) < 4.78 is 5.14. The van der Waals surface area contributed by atoms with Crippen LogP contribution in [-0.4, -0.2) is 23.2 Å². The molecule has 0 aliphatic carbocycles. The molecule has 3 rings (SSSR count). The maximum atomic E-state index is 12.4. The Bertz CT molecular complexity index is 816. The fourth-order valence-corrected chi connectivity index (χ4v) is 2.98. The lowest BCUT2D eigenvalue weighted by Gasteiger charge is -2.10. The van der Waals surface area contributed by atoms with Gasteiger partial charge in [0.25, 0.3) is 0 Å². The normalized spacial score (nSPS) is 11.8. The van der Waals surface area contributed by atoms with Crippen molar-refractivity contribution in [2.24, 2.45) is 0 Å². The van der Waals surface area contributed by atoms with E-state index in [1.807, 2.05) is 61.5 Å². The number of hydrogen-bond acceptors (Lipinski definition) is 5. The SMILES string of the molecule is COc1ccc(-c2nnc(NC(=O)[C@H](C)c3ccccc3)s2)cc1. The molecule has 1 atom stereocenters. The third-order valence-corrected chi connectivity index (χ3v) is 4.57. The highest BCUT2D eigenvalue weighted by molar-refractivity contribution is 7.18. The molecular formula is C18H17N3O2S. The first-order chi connectivity index (χ1) is 11.7. The van der Waals surface area contributed by atoms with Gasteiger partial charge in [-0.05, 0) is 36.8 Å². The number of ether oxygens (including phenoxy) is 1. The number of nitrogens with zero attached hydrogens (tertiary/aromatic N) is 2. The monoisotopic (exact) mass is 339 g/mol. The van der Waals surface area contributed by atoms with Crippen molar-refractivity contribution in [2.45, 2.75) is 12.8 Å². The molecule has 2 aromatic carbocycles. The van der Waals surface area contributed by atoms with Crippen molar-refractivity contribution in [2.75, 3.05) is 12.4 Å². The van der Waals surface area contributed by atoms with Gasteiger partial charge in [0, 0.05) is 5.56 Å². The van der Waals surface area contributed by atoms with Gasteiger partial charge in [0.15, 0.2) is 0 Å². The van der Waals surface area contributed by atoms with E-state index in [1.165, 1.54) is 11.3 Å². The van der Waals surface area contributed by atoms with Gasteiger partial charge in [0.2, 0.25) is 11.0 Å². The van der Waals surface area contributed by atoms with Crippen LogP contribution in [0.4, 0.5) is 5.13 Å². The van der Waals surface area contributed by atoms with Crippen LogP contribution in [-0.2, 0) is 4.79 Å². The first-order valence-electron chi connectivity index (χ1n) is 7.51. The molecule has 0 unspecified atom stereocenters. The molecule has 0 saturated carbocycles. The predicted molar refractivity (Wildman–Crippen MR) is 95.4 cm³/mol. The lowest BCUT2D eigenvalue weighted by atomic mass is 10.0. The van der Waals surface area contributed by atoms with Crippen molar-refractivity contribution in [1.29, 1.82) is 0 Å². The average molecular weight is 339 g/mol. The molecule has 0 saturated heterocycles. The van der Waals surface area contributed by atoms with Crippen molar-refractivity contribution in [1.82, 2.24) is 10.2 Å².